The van der Waals surface area contributed by atoms with Gasteiger partial charge in [0.15, 0.2) is 0 Å². The fourth-order valence-electron chi connectivity index (χ4n) is 2.50. The Morgan fingerprint density at radius 1 is 1.30 bits per heavy atom. The highest BCUT2D eigenvalue weighted by Crippen LogP contribution is 2.23. The minimum atomic E-state index is -1.04. The molecule has 1 aliphatic heterocycles. The van der Waals surface area contributed by atoms with Crippen LogP contribution >= 0.6 is 11.6 Å². The Balaban J connectivity index is 1.98. The average Bonchev–Trinajstić information content (AvgIpc) is 2.64. The maximum atomic E-state index is 12.3. The molecule has 1 aromatic carbocycles. The van der Waals surface area contributed by atoms with Gasteiger partial charge in [0, 0.05) is 18.1 Å². The van der Waals surface area contributed by atoms with Crippen molar-refractivity contribution in [2.24, 2.45) is 0 Å². The van der Waals surface area contributed by atoms with Crippen LogP contribution in [0.3, 0.4) is 0 Å². The van der Waals surface area contributed by atoms with Gasteiger partial charge >= 0.3 is 0 Å². The van der Waals surface area contributed by atoms with Gasteiger partial charge in [0.25, 0.3) is 0 Å². The first-order valence-electron chi connectivity index (χ1n) is 6.88. The Labute approximate surface area is 124 Å². The van der Waals surface area contributed by atoms with E-state index in [0.29, 0.717) is 37.4 Å². The largest absolute Gasteiger partial charge is 0.393 e. The number of likely N-dealkylation sites (tertiary alicyclic amines) is 1. The van der Waals surface area contributed by atoms with Gasteiger partial charge in [0.05, 0.1) is 18.6 Å². The first-order chi connectivity index (χ1) is 9.54. The molecule has 0 radical (unpaired) electrons. The molecule has 1 heterocycles. The van der Waals surface area contributed by atoms with Crippen molar-refractivity contribution in [2.75, 3.05) is 19.7 Å². The van der Waals surface area contributed by atoms with Crippen molar-refractivity contribution in [2.45, 2.75) is 31.3 Å². The topological polar surface area (TPSA) is 60.8 Å². The maximum Gasteiger partial charge on any atom is 0.227 e. The van der Waals surface area contributed by atoms with Crippen LogP contribution in [0.4, 0.5) is 0 Å². The van der Waals surface area contributed by atoms with Gasteiger partial charge in [0.2, 0.25) is 5.91 Å². The summed E-state index contributed by atoms with van der Waals surface area (Å²) >= 11 is 6.06. The Kier molecular flexibility index (Phi) is 5.02. The fourth-order valence-corrected chi connectivity index (χ4v) is 2.71. The zero-order valence-corrected chi connectivity index (χ0v) is 12.1. The highest BCUT2D eigenvalue weighted by Gasteiger charge is 2.30. The molecular weight excluding hydrogens is 278 g/mol. The Hall–Kier alpha value is -1.10. The highest BCUT2D eigenvalue weighted by atomic mass is 35.5. The number of hydrogen-bond acceptors (Lipinski definition) is 3. The van der Waals surface area contributed by atoms with Gasteiger partial charge < -0.3 is 15.1 Å². The minimum Gasteiger partial charge on any atom is -0.393 e. The summed E-state index contributed by atoms with van der Waals surface area (Å²) in [6, 6.07) is 7.32. The normalized spacial score (nSPS) is 23.4. The number of nitrogens with zero attached hydrogens (tertiary/aromatic N) is 1. The lowest BCUT2D eigenvalue weighted by molar-refractivity contribution is -0.130. The second-order valence-corrected chi connectivity index (χ2v) is 5.79. The molecule has 0 saturated carbocycles. The summed E-state index contributed by atoms with van der Waals surface area (Å²) in [7, 11) is 0. The standard InChI is InChI=1S/C15H20ClNO3/c16-13-5-2-1-4-12(13)10-14(19)17-8-3-6-15(20,11-18)7-9-17/h1-2,4-5,18,20H,3,6-11H2/t15-/m0/s1. The van der Waals surface area contributed by atoms with Crippen molar-refractivity contribution in [3.8, 4) is 0 Å². The number of amides is 1. The lowest BCUT2D eigenvalue weighted by atomic mass is 9.96. The zero-order valence-electron chi connectivity index (χ0n) is 11.4. The molecule has 0 aliphatic carbocycles. The number of halogens is 1. The van der Waals surface area contributed by atoms with Gasteiger partial charge in [-0.1, -0.05) is 29.8 Å². The number of carbonyl (C=O) groups is 1. The van der Waals surface area contributed by atoms with Crippen LogP contribution in [-0.2, 0) is 11.2 Å². The Morgan fingerprint density at radius 3 is 2.75 bits per heavy atom. The summed E-state index contributed by atoms with van der Waals surface area (Å²) in [5, 5.41) is 19.9. The second-order valence-electron chi connectivity index (χ2n) is 5.38. The third-order valence-electron chi connectivity index (χ3n) is 3.86. The van der Waals surface area contributed by atoms with Crippen molar-refractivity contribution in [1.29, 1.82) is 0 Å². The smallest absolute Gasteiger partial charge is 0.227 e. The van der Waals surface area contributed by atoms with E-state index in [1.165, 1.54) is 0 Å². The van der Waals surface area contributed by atoms with Crippen LogP contribution in [0.2, 0.25) is 5.02 Å². The van der Waals surface area contributed by atoms with E-state index in [9.17, 15) is 15.0 Å². The quantitative estimate of drug-likeness (QED) is 0.891. The molecule has 110 valence electrons. The molecule has 2 rings (SSSR count). The fraction of sp³-hybridized carbons (Fsp3) is 0.533. The molecule has 1 aliphatic rings. The molecule has 0 spiro atoms. The van der Waals surface area contributed by atoms with Crippen molar-refractivity contribution in [1.82, 2.24) is 4.90 Å². The van der Waals surface area contributed by atoms with Gasteiger partial charge in [-0.3, -0.25) is 4.79 Å². The van der Waals surface area contributed by atoms with Gasteiger partial charge in [-0.2, -0.15) is 0 Å². The van der Waals surface area contributed by atoms with Crippen LogP contribution in [0.5, 0.6) is 0 Å². The summed E-state index contributed by atoms with van der Waals surface area (Å²) in [6.07, 6.45) is 1.92. The van der Waals surface area contributed by atoms with Crippen LogP contribution < -0.4 is 0 Å². The molecule has 1 fully saturated rings. The molecule has 1 atom stereocenters. The number of aliphatic hydroxyl groups is 2. The molecule has 0 unspecified atom stereocenters. The SMILES string of the molecule is O=C(Cc1ccccc1Cl)N1CCC[C@@](O)(CO)CC1. The highest BCUT2D eigenvalue weighted by molar-refractivity contribution is 6.31. The molecule has 1 aromatic rings. The molecule has 0 bridgehead atoms. The number of benzene rings is 1. The molecule has 1 amide bonds. The van der Waals surface area contributed by atoms with Crippen LogP contribution in [0.15, 0.2) is 24.3 Å². The van der Waals surface area contributed by atoms with Crippen molar-refractivity contribution >= 4 is 17.5 Å². The van der Waals surface area contributed by atoms with E-state index in [1.807, 2.05) is 18.2 Å². The summed E-state index contributed by atoms with van der Waals surface area (Å²) in [4.78, 5) is 14.0. The first kappa shape index (κ1) is 15.3. The van der Waals surface area contributed by atoms with Gasteiger partial charge in [0.1, 0.15) is 0 Å². The zero-order chi connectivity index (χ0) is 14.6. The first-order valence-corrected chi connectivity index (χ1v) is 7.26. The molecule has 1 saturated heterocycles. The number of carbonyl (C=O) groups excluding carboxylic acids is 1. The molecule has 5 heteroatoms. The summed E-state index contributed by atoms with van der Waals surface area (Å²) in [6.45, 7) is 0.839. The lowest BCUT2D eigenvalue weighted by Crippen LogP contribution is -2.37. The Morgan fingerprint density at radius 2 is 2.05 bits per heavy atom. The summed E-state index contributed by atoms with van der Waals surface area (Å²) < 4.78 is 0. The number of rotatable bonds is 3. The molecule has 4 nitrogen and oxygen atoms in total. The van der Waals surface area contributed by atoms with Gasteiger partial charge in [-0.05, 0) is 30.9 Å². The van der Waals surface area contributed by atoms with Crippen LogP contribution in [-0.4, -0.2) is 46.3 Å². The Bertz CT molecular complexity index is 480. The summed E-state index contributed by atoms with van der Waals surface area (Å²) in [5.41, 5.74) is -0.222. The predicted molar refractivity (Wildman–Crippen MR) is 77.6 cm³/mol. The van der Waals surface area contributed by atoms with Crippen molar-refractivity contribution in [3.05, 3.63) is 34.9 Å². The average molecular weight is 298 g/mol. The minimum absolute atomic E-state index is 0.0142. The van der Waals surface area contributed by atoms with E-state index in [1.54, 1.807) is 11.0 Å². The maximum absolute atomic E-state index is 12.3. The summed E-state index contributed by atoms with van der Waals surface area (Å²) in [5.74, 6) is 0.0142. The molecular formula is C15H20ClNO3. The molecule has 0 aromatic heterocycles. The third kappa shape index (κ3) is 3.72. The van der Waals surface area contributed by atoms with E-state index in [0.717, 1.165) is 5.56 Å². The van der Waals surface area contributed by atoms with E-state index in [-0.39, 0.29) is 18.9 Å². The monoisotopic (exact) mass is 297 g/mol. The van der Waals surface area contributed by atoms with E-state index >= 15 is 0 Å². The van der Waals surface area contributed by atoms with Crippen LogP contribution in [0.1, 0.15) is 24.8 Å². The van der Waals surface area contributed by atoms with E-state index < -0.39 is 5.60 Å². The number of hydrogen-bond donors (Lipinski definition) is 2. The number of aliphatic hydroxyl groups excluding tert-OH is 1. The van der Waals surface area contributed by atoms with Crippen molar-refractivity contribution < 1.29 is 15.0 Å². The van der Waals surface area contributed by atoms with Gasteiger partial charge in [-0.25, -0.2) is 0 Å². The molecule has 2 N–H and O–H groups in total. The predicted octanol–water partition coefficient (Wildman–Crippen LogP) is 1.62. The van der Waals surface area contributed by atoms with Crippen LogP contribution in [0.25, 0.3) is 0 Å². The second kappa shape index (κ2) is 6.57. The third-order valence-corrected chi connectivity index (χ3v) is 4.23. The van der Waals surface area contributed by atoms with E-state index in [4.69, 9.17) is 11.6 Å². The van der Waals surface area contributed by atoms with Crippen LogP contribution in [0, 0.1) is 0 Å². The van der Waals surface area contributed by atoms with Gasteiger partial charge in [-0.15, -0.1) is 0 Å². The molecule has 20 heavy (non-hydrogen) atoms. The van der Waals surface area contributed by atoms with E-state index in [2.05, 4.69) is 0 Å². The van der Waals surface area contributed by atoms with Crippen molar-refractivity contribution in [3.63, 3.8) is 0 Å². The lowest BCUT2D eigenvalue weighted by Gasteiger charge is -2.24.